The van der Waals surface area contributed by atoms with Crippen LogP contribution in [0.3, 0.4) is 0 Å². The summed E-state index contributed by atoms with van der Waals surface area (Å²) in [7, 11) is -3.78. The minimum atomic E-state index is -3.78. The predicted molar refractivity (Wildman–Crippen MR) is 127 cm³/mol. The molecule has 1 fully saturated rings. The first-order valence-corrected chi connectivity index (χ1v) is 13.4. The summed E-state index contributed by atoms with van der Waals surface area (Å²) in [4.78, 5) is 14.4. The van der Waals surface area contributed by atoms with E-state index in [0.717, 1.165) is 54.6 Å². The summed E-state index contributed by atoms with van der Waals surface area (Å²) in [5.41, 5.74) is 2.84. The number of fused-ring (bicyclic) bond motifs is 3. The maximum Gasteiger partial charge on any atom is 0.263 e. The highest BCUT2D eigenvalue weighted by Crippen LogP contribution is 2.39. The van der Waals surface area contributed by atoms with Crippen LogP contribution >= 0.6 is 11.3 Å². The predicted octanol–water partition coefficient (Wildman–Crippen LogP) is 3.82. The largest absolute Gasteiger partial charge is 0.379 e. The molecule has 1 N–H and O–H groups in total. The Labute approximate surface area is 192 Å². The molecule has 1 saturated heterocycles. The first-order valence-electron chi connectivity index (χ1n) is 11.1. The Morgan fingerprint density at radius 1 is 1.12 bits per heavy atom. The number of thiophene rings is 1. The number of hydrogen-bond donors (Lipinski definition) is 1. The lowest BCUT2D eigenvalue weighted by Gasteiger charge is -2.25. The van der Waals surface area contributed by atoms with Crippen LogP contribution in [0.5, 0.6) is 0 Å². The van der Waals surface area contributed by atoms with E-state index < -0.39 is 10.0 Å². The molecule has 2 aliphatic rings. The van der Waals surface area contributed by atoms with E-state index in [1.165, 1.54) is 10.4 Å². The van der Waals surface area contributed by atoms with Gasteiger partial charge < -0.3 is 4.74 Å². The molecule has 0 spiro atoms. The van der Waals surface area contributed by atoms with E-state index in [1.54, 1.807) is 17.4 Å². The molecule has 0 bridgehead atoms. The highest BCUT2D eigenvalue weighted by Gasteiger charge is 2.26. The van der Waals surface area contributed by atoms with Crippen LogP contribution < -0.4 is 4.72 Å². The zero-order valence-corrected chi connectivity index (χ0v) is 20.1. The highest BCUT2D eigenvalue weighted by atomic mass is 32.2. The van der Waals surface area contributed by atoms with Crippen LogP contribution in [0.1, 0.15) is 40.2 Å². The fourth-order valence-electron chi connectivity index (χ4n) is 4.48. The number of nitrogens with one attached hydrogen (secondary N) is 1. The molecule has 3 heterocycles. The van der Waals surface area contributed by atoms with Crippen molar-refractivity contribution in [3.8, 4) is 0 Å². The van der Waals surface area contributed by atoms with Crippen molar-refractivity contribution in [2.75, 3.05) is 31.0 Å². The monoisotopic (exact) mass is 472 g/mol. The van der Waals surface area contributed by atoms with Gasteiger partial charge in [-0.2, -0.15) is 0 Å². The van der Waals surface area contributed by atoms with Crippen molar-refractivity contribution in [3.63, 3.8) is 0 Å². The molecule has 0 radical (unpaired) electrons. The number of aryl methyl sites for hydroxylation is 4. The third-order valence-corrected chi connectivity index (χ3v) is 8.86. The number of aromatic nitrogens is 2. The fraction of sp³-hybridized carbons (Fsp3) is 0.478. The third-order valence-electron chi connectivity index (χ3n) is 6.19. The molecule has 0 amide bonds. The third kappa shape index (κ3) is 4.26. The number of ether oxygens (including phenoxy) is 1. The van der Waals surface area contributed by atoms with Gasteiger partial charge in [-0.15, -0.1) is 11.3 Å². The van der Waals surface area contributed by atoms with Crippen molar-refractivity contribution >= 4 is 37.4 Å². The zero-order chi connectivity index (χ0) is 22.3. The van der Waals surface area contributed by atoms with Gasteiger partial charge in [0.25, 0.3) is 10.0 Å². The molecule has 32 heavy (non-hydrogen) atoms. The Morgan fingerprint density at radius 2 is 1.91 bits per heavy atom. The Balaban J connectivity index is 1.59. The van der Waals surface area contributed by atoms with Crippen molar-refractivity contribution in [3.05, 3.63) is 45.6 Å². The normalized spacial score (nSPS) is 17.4. The molecule has 2 aromatic heterocycles. The second-order valence-corrected chi connectivity index (χ2v) is 11.4. The molecule has 3 aromatic rings. The lowest BCUT2D eigenvalue weighted by molar-refractivity contribution is 0.0331. The average Bonchev–Trinajstić information content (AvgIpc) is 3.14. The number of morpholine rings is 1. The lowest BCUT2D eigenvalue weighted by atomic mass is 9.97. The summed E-state index contributed by atoms with van der Waals surface area (Å²) in [5.74, 6) is 1.07. The summed E-state index contributed by atoms with van der Waals surface area (Å²) in [6.45, 7) is 7.35. The molecule has 0 saturated carbocycles. The van der Waals surface area contributed by atoms with Crippen LogP contribution in [0.25, 0.3) is 10.2 Å². The van der Waals surface area contributed by atoms with Gasteiger partial charge in [-0.05, 0) is 62.3 Å². The van der Waals surface area contributed by atoms with E-state index in [-0.39, 0.29) is 0 Å². The number of nitrogens with zero attached hydrogens (tertiary/aromatic N) is 3. The van der Waals surface area contributed by atoms with Gasteiger partial charge in [0.05, 0.1) is 30.0 Å². The van der Waals surface area contributed by atoms with Gasteiger partial charge in [-0.25, -0.2) is 18.4 Å². The van der Waals surface area contributed by atoms with Crippen molar-refractivity contribution in [1.29, 1.82) is 0 Å². The first-order chi connectivity index (χ1) is 15.4. The summed E-state index contributed by atoms with van der Waals surface area (Å²) in [6.07, 6.45) is 4.24. The fourth-order valence-corrected chi connectivity index (χ4v) is 7.11. The molecule has 0 atom stereocenters. The molecule has 7 nitrogen and oxygen atoms in total. The summed E-state index contributed by atoms with van der Waals surface area (Å²) < 4.78 is 35.1. The van der Waals surface area contributed by atoms with Gasteiger partial charge in [0.2, 0.25) is 0 Å². The van der Waals surface area contributed by atoms with Crippen molar-refractivity contribution in [2.45, 2.75) is 51.0 Å². The Morgan fingerprint density at radius 3 is 2.72 bits per heavy atom. The molecule has 5 rings (SSSR count). The molecular weight excluding hydrogens is 444 g/mol. The lowest BCUT2D eigenvalue weighted by Crippen LogP contribution is -2.36. The van der Waals surface area contributed by atoms with E-state index in [9.17, 15) is 8.42 Å². The van der Waals surface area contributed by atoms with Crippen LogP contribution in [0, 0.1) is 13.8 Å². The molecular formula is C23H28N4O3S2. The van der Waals surface area contributed by atoms with Crippen molar-refractivity contribution in [2.24, 2.45) is 0 Å². The minimum absolute atomic E-state index is 0.295. The maximum absolute atomic E-state index is 13.4. The maximum atomic E-state index is 13.4. The SMILES string of the molecule is Cc1ccc(C)c(S(=O)(=O)Nc2nc(CN3CCOCC3)nc3sc4c(c23)CCCC4)c1. The first kappa shape index (κ1) is 21.8. The van der Waals surface area contributed by atoms with E-state index >= 15 is 0 Å². The standard InChI is InChI=1S/C23H28N4O3S2/c1-15-7-8-16(2)19(13-15)32(28,29)26-22-21-17-5-3-4-6-18(17)31-23(21)25-20(24-22)14-27-9-11-30-12-10-27/h7-8,13H,3-6,9-12,14H2,1-2H3,(H,24,25,26). The number of rotatable bonds is 5. The van der Waals surface area contributed by atoms with Crippen LogP contribution in [0.15, 0.2) is 23.1 Å². The Hall–Kier alpha value is -2.07. The van der Waals surface area contributed by atoms with Crippen LogP contribution in [0.2, 0.25) is 0 Å². The zero-order valence-electron chi connectivity index (χ0n) is 18.5. The average molecular weight is 473 g/mol. The Bertz CT molecular complexity index is 1260. The van der Waals surface area contributed by atoms with E-state index in [2.05, 4.69) is 9.62 Å². The van der Waals surface area contributed by atoms with Crippen LogP contribution in [-0.2, 0) is 34.1 Å². The highest BCUT2D eigenvalue weighted by molar-refractivity contribution is 7.92. The van der Waals surface area contributed by atoms with E-state index in [0.29, 0.717) is 41.9 Å². The molecule has 1 aliphatic heterocycles. The van der Waals surface area contributed by atoms with Gasteiger partial charge in [-0.3, -0.25) is 9.62 Å². The summed E-state index contributed by atoms with van der Waals surface area (Å²) in [6, 6.07) is 5.48. The summed E-state index contributed by atoms with van der Waals surface area (Å²) >= 11 is 1.69. The molecule has 170 valence electrons. The van der Waals surface area contributed by atoms with Gasteiger partial charge in [0.1, 0.15) is 10.7 Å². The van der Waals surface area contributed by atoms with Crippen LogP contribution in [0.4, 0.5) is 5.82 Å². The topological polar surface area (TPSA) is 84.4 Å². The number of hydrogen-bond acceptors (Lipinski definition) is 7. The van der Waals surface area contributed by atoms with E-state index in [4.69, 9.17) is 14.7 Å². The van der Waals surface area contributed by atoms with Gasteiger partial charge in [-0.1, -0.05) is 12.1 Å². The molecule has 1 aromatic carbocycles. The quantitative estimate of drug-likeness (QED) is 0.608. The van der Waals surface area contributed by atoms with Gasteiger partial charge in [0, 0.05) is 18.0 Å². The van der Waals surface area contributed by atoms with Crippen molar-refractivity contribution < 1.29 is 13.2 Å². The Kier molecular flexibility index (Phi) is 5.92. The minimum Gasteiger partial charge on any atom is -0.379 e. The molecule has 0 unspecified atom stereocenters. The van der Waals surface area contributed by atoms with Crippen LogP contribution in [-0.4, -0.2) is 49.6 Å². The summed E-state index contributed by atoms with van der Waals surface area (Å²) in [5, 5.41) is 0.879. The van der Waals surface area contributed by atoms with Gasteiger partial charge in [0.15, 0.2) is 5.82 Å². The smallest absolute Gasteiger partial charge is 0.263 e. The number of benzene rings is 1. The number of anilines is 1. The molecule has 1 aliphatic carbocycles. The molecule has 9 heteroatoms. The van der Waals surface area contributed by atoms with E-state index in [1.807, 2.05) is 26.0 Å². The number of sulfonamides is 1. The van der Waals surface area contributed by atoms with Crippen molar-refractivity contribution in [1.82, 2.24) is 14.9 Å². The second-order valence-electron chi connectivity index (χ2n) is 8.64. The second kappa shape index (κ2) is 8.70. The van der Waals surface area contributed by atoms with Gasteiger partial charge >= 0.3 is 0 Å².